The summed E-state index contributed by atoms with van der Waals surface area (Å²) in [6.45, 7) is 0.825. The van der Waals surface area contributed by atoms with Gasteiger partial charge in [-0.2, -0.15) is 5.10 Å². The number of hydrogen-bond donors (Lipinski definition) is 2. The average Bonchev–Trinajstić information content (AvgIpc) is 3.56. The Labute approximate surface area is 240 Å². The Bertz CT molecular complexity index is 1540. The maximum atomic E-state index is 14.2. The molecule has 0 saturated carbocycles. The fourth-order valence-corrected chi connectivity index (χ4v) is 4.74. The normalized spacial score (nSPS) is 15.0. The topological polar surface area (TPSA) is 96.7 Å². The van der Waals surface area contributed by atoms with E-state index in [1.165, 1.54) is 28.9 Å². The maximum absolute atomic E-state index is 14.2. The number of aliphatic carboxylic acids is 1. The minimum atomic E-state index is -0.822. The Balaban J connectivity index is 1.36. The van der Waals surface area contributed by atoms with Gasteiger partial charge in [-0.3, -0.25) is 9.59 Å². The van der Waals surface area contributed by atoms with E-state index in [1.54, 1.807) is 29.3 Å². The molecule has 1 saturated heterocycles. The van der Waals surface area contributed by atoms with Crippen LogP contribution < -0.4 is 5.32 Å². The van der Waals surface area contributed by atoms with Gasteiger partial charge in [0.1, 0.15) is 23.9 Å². The van der Waals surface area contributed by atoms with Gasteiger partial charge in [0.05, 0.1) is 10.7 Å². The first-order chi connectivity index (χ1) is 19.8. The first-order valence-corrected chi connectivity index (χ1v) is 13.4. The van der Waals surface area contributed by atoms with Crippen molar-refractivity contribution in [1.82, 2.24) is 14.7 Å². The van der Waals surface area contributed by atoms with Gasteiger partial charge in [0.25, 0.3) is 5.91 Å². The third-order valence-electron chi connectivity index (χ3n) is 6.75. The fraction of sp³-hybridized carbons (Fsp3) is 0.233. The largest absolute Gasteiger partial charge is 0.481 e. The molecule has 4 aromatic rings. The molecular formula is C30H27ClF2N4O4. The lowest BCUT2D eigenvalue weighted by Crippen LogP contribution is -2.30. The molecule has 8 nitrogen and oxygen atoms in total. The van der Waals surface area contributed by atoms with Crippen LogP contribution in [0.1, 0.15) is 30.2 Å². The zero-order valence-electron chi connectivity index (χ0n) is 21.9. The highest BCUT2D eigenvalue weighted by Crippen LogP contribution is 2.35. The lowest BCUT2D eigenvalue weighted by molar-refractivity contribution is -0.137. The molecule has 1 aliphatic heterocycles. The van der Waals surface area contributed by atoms with Crippen LogP contribution in [0, 0.1) is 11.6 Å². The minimum Gasteiger partial charge on any atom is -0.481 e. The summed E-state index contributed by atoms with van der Waals surface area (Å²) in [5, 5.41) is 16.6. The molecule has 0 aliphatic carbocycles. The van der Waals surface area contributed by atoms with Gasteiger partial charge < -0.3 is 20.1 Å². The van der Waals surface area contributed by atoms with Gasteiger partial charge in [-0.1, -0.05) is 23.7 Å². The number of benzene rings is 3. The van der Waals surface area contributed by atoms with E-state index in [2.05, 4.69) is 10.4 Å². The number of nitrogens with zero attached hydrogens (tertiary/aromatic N) is 3. The fourth-order valence-electron chi connectivity index (χ4n) is 4.62. The second kappa shape index (κ2) is 12.5. The Morgan fingerprint density at radius 2 is 1.85 bits per heavy atom. The molecule has 41 heavy (non-hydrogen) atoms. The molecule has 2 N–H and O–H groups in total. The lowest BCUT2D eigenvalue weighted by atomic mass is 10.1. The van der Waals surface area contributed by atoms with E-state index >= 15 is 0 Å². The zero-order chi connectivity index (χ0) is 28.9. The summed E-state index contributed by atoms with van der Waals surface area (Å²) in [5.74, 6) is -2.00. The quantitative estimate of drug-likeness (QED) is 0.216. The van der Waals surface area contributed by atoms with Crippen LogP contribution >= 0.6 is 11.6 Å². The van der Waals surface area contributed by atoms with Gasteiger partial charge in [-0.15, -0.1) is 0 Å². The van der Waals surface area contributed by atoms with E-state index in [-0.39, 0.29) is 24.0 Å². The third-order valence-corrected chi connectivity index (χ3v) is 7.06. The lowest BCUT2D eigenvalue weighted by Gasteiger charge is -2.23. The zero-order valence-corrected chi connectivity index (χ0v) is 22.7. The summed E-state index contributed by atoms with van der Waals surface area (Å²) in [4.78, 5) is 25.2. The molecule has 1 amide bonds. The summed E-state index contributed by atoms with van der Waals surface area (Å²) in [6, 6.07) is 17.9. The van der Waals surface area contributed by atoms with Crippen molar-refractivity contribution in [2.24, 2.45) is 0 Å². The van der Waals surface area contributed by atoms with Crippen LogP contribution in [-0.4, -0.2) is 51.4 Å². The van der Waals surface area contributed by atoms with Crippen molar-refractivity contribution in [2.75, 3.05) is 25.0 Å². The molecule has 1 unspecified atom stereocenters. The van der Waals surface area contributed by atoms with Crippen molar-refractivity contribution < 1.29 is 28.2 Å². The Hall–Kier alpha value is -4.28. The van der Waals surface area contributed by atoms with Crippen molar-refractivity contribution in [3.05, 3.63) is 101 Å². The van der Waals surface area contributed by atoms with E-state index in [1.807, 2.05) is 24.3 Å². The molecule has 0 spiro atoms. The van der Waals surface area contributed by atoms with Crippen LogP contribution in [0.3, 0.4) is 0 Å². The Morgan fingerprint density at radius 3 is 2.56 bits per heavy atom. The summed E-state index contributed by atoms with van der Waals surface area (Å²) in [6.07, 6.45) is 2.13. The predicted octanol–water partition coefficient (Wildman–Crippen LogP) is 5.85. The molecule has 0 radical (unpaired) electrons. The van der Waals surface area contributed by atoms with E-state index in [0.717, 1.165) is 11.3 Å². The number of rotatable bonds is 11. The van der Waals surface area contributed by atoms with Crippen molar-refractivity contribution >= 4 is 29.2 Å². The van der Waals surface area contributed by atoms with Crippen molar-refractivity contribution in [3.63, 3.8) is 0 Å². The van der Waals surface area contributed by atoms with E-state index in [4.69, 9.17) is 21.4 Å². The molecular weight excluding hydrogens is 554 g/mol. The number of ether oxygens (including phenoxy) is 1. The molecule has 0 bridgehead atoms. The van der Waals surface area contributed by atoms with Crippen LogP contribution in [0.15, 0.2) is 72.9 Å². The highest BCUT2D eigenvalue weighted by molar-refractivity contribution is 6.30. The summed E-state index contributed by atoms with van der Waals surface area (Å²) in [5.41, 5.74) is 3.98. The second-order valence-electron chi connectivity index (χ2n) is 9.60. The first-order valence-electron chi connectivity index (χ1n) is 13.0. The number of carbonyl (C=O) groups is 2. The summed E-state index contributed by atoms with van der Waals surface area (Å²) >= 11 is 5.86. The van der Waals surface area contributed by atoms with Crippen LogP contribution in [0.4, 0.5) is 14.5 Å². The highest BCUT2D eigenvalue weighted by Gasteiger charge is 2.36. The molecule has 3 aromatic carbocycles. The number of carbonyl (C=O) groups excluding carboxylic acids is 1. The molecule has 212 valence electrons. The number of carboxylic acids is 1. The number of anilines is 1. The molecule has 1 aliphatic rings. The van der Waals surface area contributed by atoms with Crippen LogP contribution in [-0.2, 0) is 20.7 Å². The van der Waals surface area contributed by atoms with Crippen LogP contribution in [0.5, 0.6) is 0 Å². The van der Waals surface area contributed by atoms with Crippen LogP contribution in [0.2, 0.25) is 5.02 Å². The molecule has 11 heteroatoms. The van der Waals surface area contributed by atoms with Crippen molar-refractivity contribution in [2.45, 2.75) is 25.5 Å². The maximum Gasteiger partial charge on any atom is 0.303 e. The smallest absolute Gasteiger partial charge is 0.303 e. The minimum absolute atomic E-state index is 0.0159. The van der Waals surface area contributed by atoms with E-state index in [9.17, 15) is 18.4 Å². The second-order valence-corrected chi connectivity index (χ2v) is 10.0. The number of aromatic nitrogens is 2. The number of carboxylic acid groups (broad SMARTS) is 1. The molecule has 2 heterocycles. The first kappa shape index (κ1) is 28.3. The number of nitrogens with one attached hydrogen (secondary N) is 1. The Morgan fingerprint density at radius 1 is 1.10 bits per heavy atom. The highest BCUT2D eigenvalue weighted by atomic mass is 35.5. The SMILES string of the molecule is O=C(O)CCCNc1ccc(CCN2C(=O)COC2c2cn(-c3ccc(Cl)c(F)c3)nc2-c2ccc(F)cc2)cc1. The van der Waals surface area contributed by atoms with Crippen LogP contribution in [0.25, 0.3) is 16.9 Å². The van der Waals surface area contributed by atoms with E-state index in [0.29, 0.717) is 48.4 Å². The molecule has 1 aromatic heterocycles. The van der Waals surface area contributed by atoms with Crippen molar-refractivity contribution in [3.8, 4) is 16.9 Å². The Kier molecular flexibility index (Phi) is 8.61. The van der Waals surface area contributed by atoms with Gasteiger partial charge in [-0.25, -0.2) is 13.5 Å². The van der Waals surface area contributed by atoms with Gasteiger partial charge in [-0.05, 0) is 66.9 Å². The third kappa shape index (κ3) is 6.72. The number of hydrogen-bond acceptors (Lipinski definition) is 5. The number of halogens is 3. The monoisotopic (exact) mass is 580 g/mol. The molecule has 5 rings (SSSR count). The summed E-state index contributed by atoms with van der Waals surface area (Å²) in [7, 11) is 0. The standard InChI is InChI=1S/C30H27ClF2N4O4/c31-25-12-11-23(16-26(25)33)37-17-24(29(35-37)20-5-7-21(32)8-6-20)30-36(27(38)18-41-30)15-13-19-3-9-22(10-4-19)34-14-1-2-28(39)40/h3-12,16-17,30,34H,1-2,13-15,18H2,(H,39,40). The van der Waals surface area contributed by atoms with Gasteiger partial charge in [0.15, 0.2) is 6.23 Å². The van der Waals surface area contributed by atoms with E-state index < -0.39 is 23.8 Å². The molecule has 1 atom stereocenters. The number of amides is 1. The average molecular weight is 581 g/mol. The van der Waals surface area contributed by atoms with Crippen molar-refractivity contribution in [1.29, 1.82) is 0 Å². The molecule has 1 fully saturated rings. The van der Waals surface area contributed by atoms with Gasteiger partial charge in [0, 0.05) is 48.6 Å². The van der Waals surface area contributed by atoms with Gasteiger partial charge >= 0.3 is 5.97 Å². The summed E-state index contributed by atoms with van der Waals surface area (Å²) < 4.78 is 35.3. The predicted molar refractivity (Wildman–Crippen MR) is 150 cm³/mol. The van der Waals surface area contributed by atoms with Gasteiger partial charge in [0.2, 0.25) is 0 Å².